The molecule has 0 saturated carbocycles. The van der Waals surface area contributed by atoms with Crippen LogP contribution in [0.5, 0.6) is 0 Å². The third-order valence-corrected chi connectivity index (χ3v) is 8.03. The fourth-order valence-corrected chi connectivity index (χ4v) is 5.79. The Morgan fingerprint density at radius 3 is 2.59 bits per heavy atom. The topological polar surface area (TPSA) is 114 Å². The quantitative estimate of drug-likeness (QED) is 0.344. The van der Waals surface area contributed by atoms with Crippen LogP contribution in [-0.2, 0) is 10.0 Å². The maximum atomic E-state index is 14.5. The van der Waals surface area contributed by atoms with Crippen LogP contribution in [0, 0.1) is 11.6 Å². The van der Waals surface area contributed by atoms with Gasteiger partial charge in [0.2, 0.25) is 0 Å². The number of pyridine rings is 1. The smallest absolute Gasteiger partial charge is 0.283 e. The van der Waals surface area contributed by atoms with Crippen LogP contribution in [0.1, 0.15) is 34.9 Å². The van der Waals surface area contributed by atoms with Crippen molar-refractivity contribution >= 4 is 27.3 Å². The number of hydrogen-bond acceptors (Lipinski definition) is 7. The molecule has 1 N–H and O–H groups in total. The monoisotopic (exact) mass is 549 g/mol. The Morgan fingerprint density at radius 1 is 1.03 bits per heavy atom. The van der Waals surface area contributed by atoms with Crippen molar-refractivity contribution in [3.8, 4) is 5.69 Å². The molecule has 1 amide bonds. The molecule has 0 spiro atoms. The molecule has 39 heavy (non-hydrogen) atoms. The molecule has 2 aromatic carbocycles. The molecule has 10 nitrogen and oxygen atoms in total. The van der Waals surface area contributed by atoms with Crippen LogP contribution in [-0.4, -0.2) is 45.0 Å². The van der Waals surface area contributed by atoms with Crippen molar-refractivity contribution in [3.63, 3.8) is 0 Å². The van der Waals surface area contributed by atoms with E-state index in [1.807, 2.05) is 4.90 Å². The van der Waals surface area contributed by atoms with Crippen molar-refractivity contribution in [1.29, 1.82) is 0 Å². The molecule has 1 fully saturated rings. The zero-order valence-corrected chi connectivity index (χ0v) is 21.1. The minimum absolute atomic E-state index is 0.00217. The highest BCUT2D eigenvalue weighted by Gasteiger charge is 2.29. The predicted molar refractivity (Wildman–Crippen MR) is 137 cm³/mol. The van der Waals surface area contributed by atoms with E-state index in [4.69, 9.17) is 0 Å². The van der Waals surface area contributed by atoms with E-state index in [-0.39, 0.29) is 22.2 Å². The Kier molecular flexibility index (Phi) is 6.06. The van der Waals surface area contributed by atoms with Gasteiger partial charge in [-0.1, -0.05) is 0 Å². The zero-order valence-electron chi connectivity index (χ0n) is 20.3. The molecule has 1 atom stereocenters. The SMILES string of the molecule is O=C(NS(=O)(=O)c1ccc(-n2cncn2)cc1)c1cnc2ccc(N3CCC[C@@H]3c3cc(F)ccc3F)cn12. The molecule has 4 heterocycles. The molecular weight excluding hydrogens is 528 g/mol. The molecule has 0 aliphatic carbocycles. The minimum Gasteiger partial charge on any atom is -0.363 e. The second-order valence-electron chi connectivity index (χ2n) is 9.04. The summed E-state index contributed by atoms with van der Waals surface area (Å²) in [7, 11) is -4.19. The maximum absolute atomic E-state index is 14.5. The number of nitrogens with one attached hydrogen (secondary N) is 1. The van der Waals surface area contributed by atoms with Gasteiger partial charge in [0.25, 0.3) is 15.9 Å². The Hall–Kier alpha value is -4.65. The van der Waals surface area contributed by atoms with Gasteiger partial charge in [-0.25, -0.2) is 36.6 Å². The number of aromatic nitrogens is 5. The number of amides is 1. The fraction of sp³-hybridized carbons (Fsp3) is 0.154. The average molecular weight is 550 g/mol. The molecule has 198 valence electrons. The molecule has 1 aliphatic heterocycles. The predicted octanol–water partition coefficient (Wildman–Crippen LogP) is 3.65. The summed E-state index contributed by atoms with van der Waals surface area (Å²) < 4.78 is 59.3. The molecule has 5 aromatic rings. The molecule has 0 radical (unpaired) electrons. The van der Waals surface area contributed by atoms with Gasteiger partial charge in [-0.05, 0) is 67.4 Å². The van der Waals surface area contributed by atoms with Crippen LogP contribution in [0.3, 0.4) is 0 Å². The van der Waals surface area contributed by atoms with Gasteiger partial charge < -0.3 is 4.90 Å². The lowest BCUT2D eigenvalue weighted by molar-refractivity contribution is 0.0975. The summed E-state index contributed by atoms with van der Waals surface area (Å²) in [4.78, 5) is 23.0. The lowest BCUT2D eigenvalue weighted by Gasteiger charge is -2.27. The molecule has 1 aliphatic rings. The van der Waals surface area contributed by atoms with Gasteiger partial charge in [-0.3, -0.25) is 9.20 Å². The first-order valence-electron chi connectivity index (χ1n) is 12.0. The Balaban J connectivity index is 1.27. The summed E-state index contributed by atoms with van der Waals surface area (Å²) in [6.45, 7) is 0.599. The highest BCUT2D eigenvalue weighted by Crippen LogP contribution is 2.37. The third-order valence-electron chi connectivity index (χ3n) is 6.68. The van der Waals surface area contributed by atoms with Crippen LogP contribution < -0.4 is 9.62 Å². The van der Waals surface area contributed by atoms with E-state index in [0.717, 1.165) is 18.6 Å². The number of sulfonamides is 1. The number of anilines is 1. The normalized spacial score (nSPS) is 15.6. The Morgan fingerprint density at radius 2 is 1.82 bits per heavy atom. The van der Waals surface area contributed by atoms with Crippen LogP contribution in [0.15, 0.2) is 84.5 Å². The number of benzene rings is 2. The van der Waals surface area contributed by atoms with Crippen molar-refractivity contribution in [2.45, 2.75) is 23.8 Å². The summed E-state index contributed by atoms with van der Waals surface area (Å²) in [5.74, 6) is -1.87. The maximum Gasteiger partial charge on any atom is 0.283 e. The molecule has 3 aromatic heterocycles. The van der Waals surface area contributed by atoms with E-state index in [1.165, 1.54) is 46.1 Å². The number of rotatable bonds is 6. The van der Waals surface area contributed by atoms with Crippen LogP contribution in [0.25, 0.3) is 11.3 Å². The number of nitrogens with zero attached hydrogens (tertiary/aromatic N) is 6. The standard InChI is InChI=1S/C26H21F2N7O3S/c27-17-3-9-22(28)21(12-17)23-2-1-11-33(23)19-6-10-25-30-13-24(34(25)14-19)26(36)32-39(37,38)20-7-4-18(5-8-20)35-16-29-15-31-35/h3-10,12-16,23H,1-2,11H2,(H,32,36)/t23-/m1/s1. The number of halogens is 2. The van der Waals surface area contributed by atoms with E-state index in [0.29, 0.717) is 30.0 Å². The second kappa shape index (κ2) is 9.58. The van der Waals surface area contributed by atoms with Crippen molar-refractivity contribution < 1.29 is 22.0 Å². The minimum atomic E-state index is -4.19. The first-order chi connectivity index (χ1) is 18.8. The molecule has 0 unspecified atom stereocenters. The molecule has 6 rings (SSSR count). The number of fused-ring (bicyclic) bond motifs is 1. The lowest BCUT2D eigenvalue weighted by atomic mass is 10.0. The largest absolute Gasteiger partial charge is 0.363 e. The van der Waals surface area contributed by atoms with Crippen molar-refractivity contribution in [2.75, 3.05) is 11.4 Å². The van der Waals surface area contributed by atoms with Gasteiger partial charge in [0.05, 0.1) is 28.5 Å². The third kappa shape index (κ3) is 4.61. The zero-order chi connectivity index (χ0) is 27.1. The van der Waals surface area contributed by atoms with Crippen molar-refractivity contribution in [3.05, 3.63) is 103 Å². The van der Waals surface area contributed by atoms with E-state index < -0.39 is 27.6 Å². The summed E-state index contributed by atoms with van der Waals surface area (Å²) in [5, 5.41) is 3.99. The summed E-state index contributed by atoms with van der Waals surface area (Å²) in [5.41, 5.74) is 1.95. The Labute approximate surface area is 221 Å². The highest BCUT2D eigenvalue weighted by atomic mass is 32.2. The first kappa shape index (κ1) is 24.7. The van der Waals surface area contributed by atoms with Crippen LogP contribution in [0.4, 0.5) is 14.5 Å². The fourth-order valence-electron chi connectivity index (χ4n) is 4.83. The number of hydrogen-bond donors (Lipinski definition) is 1. The van der Waals surface area contributed by atoms with E-state index in [2.05, 4.69) is 19.8 Å². The molecular formula is C26H21F2N7O3S. The first-order valence-corrected chi connectivity index (χ1v) is 13.5. The van der Waals surface area contributed by atoms with Gasteiger partial charge in [0.1, 0.15) is 35.6 Å². The molecule has 13 heteroatoms. The number of carbonyl (C=O) groups excluding carboxylic acids is 1. The highest BCUT2D eigenvalue weighted by molar-refractivity contribution is 7.90. The van der Waals surface area contributed by atoms with E-state index in [1.54, 1.807) is 30.5 Å². The van der Waals surface area contributed by atoms with Gasteiger partial charge in [-0.2, -0.15) is 5.10 Å². The number of imidazole rings is 1. The summed E-state index contributed by atoms with van der Waals surface area (Å²) in [6.07, 6.45) is 7.16. The second-order valence-corrected chi connectivity index (χ2v) is 10.7. The Bertz CT molecular complexity index is 1790. The van der Waals surface area contributed by atoms with Gasteiger partial charge in [0, 0.05) is 18.3 Å². The lowest BCUT2D eigenvalue weighted by Crippen LogP contribution is -2.31. The average Bonchev–Trinajstić information content (AvgIpc) is 3.70. The van der Waals surface area contributed by atoms with Crippen molar-refractivity contribution in [1.82, 2.24) is 28.9 Å². The molecule has 0 bridgehead atoms. The van der Waals surface area contributed by atoms with E-state index >= 15 is 0 Å². The summed E-state index contributed by atoms with van der Waals surface area (Å²) in [6, 6.07) is 12.3. The van der Waals surface area contributed by atoms with Crippen molar-refractivity contribution in [2.24, 2.45) is 0 Å². The van der Waals surface area contributed by atoms with E-state index in [9.17, 15) is 22.0 Å². The number of carbonyl (C=O) groups is 1. The van der Waals surface area contributed by atoms with Gasteiger partial charge in [-0.15, -0.1) is 0 Å². The van der Waals surface area contributed by atoms with Crippen LogP contribution >= 0.6 is 0 Å². The summed E-state index contributed by atoms with van der Waals surface area (Å²) >= 11 is 0. The van der Waals surface area contributed by atoms with Gasteiger partial charge >= 0.3 is 0 Å². The van der Waals surface area contributed by atoms with Crippen LogP contribution in [0.2, 0.25) is 0 Å². The molecule has 1 saturated heterocycles. The van der Waals surface area contributed by atoms with Gasteiger partial charge in [0.15, 0.2) is 0 Å².